The average molecular weight is 527 g/mol. The summed E-state index contributed by atoms with van der Waals surface area (Å²) < 4.78 is 34.0. The van der Waals surface area contributed by atoms with Gasteiger partial charge in [0.25, 0.3) is 0 Å². The molecule has 2 N–H and O–H groups in total. The molecule has 1 unspecified atom stereocenters. The molecular weight excluding hydrogens is 505 g/mol. The van der Waals surface area contributed by atoms with Crippen LogP contribution in [-0.2, 0) is 21.5 Å². The van der Waals surface area contributed by atoms with Gasteiger partial charge < -0.3 is 0 Å². The van der Waals surface area contributed by atoms with Gasteiger partial charge in [0.1, 0.15) is 0 Å². The summed E-state index contributed by atoms with van der Waals surface area (Å²) in [6.45, 7) is 0.908. The van der Waals surface area contributed by atoms with E-state index in [0.717, 1.165) is 24.6 Å². The SMILES string of the molecule is O=C(Nc1nc2cc(OS(=O)(=O)c3ccc([AsH]CCn4ccnc4)cc3)ccc2[nH]1)C1CC1. The van der Waals surface area contributed by atoms with Crippen LogP contribution in [0, 0.1) is 5.92 Å². The van der Waals surface area contributed by atoms with Crippen LogP contribution in [0.3, 0.4) is 0 Å². The van der Waals surface area contributed by atoms with E-state index in [2.05, 4.69) is 20.3 Å². The van der Waals surface area contributed by atoms with Crippen LogP contribution in [0.4, 0.5) is 5.95 Å². The molecule has 1 atom stereocenters. The molecular formula is C22H22AsN5O4S. The van der Waals surface area contributed by atoms with Crippen molar-refractivity contribution >= 4 is 53.1 Å². The number of hydrogen-bond acceptors (Lipinski definition) is 6. The van der Waals surface area contributed by atoms with Crippen LogP contribution in [0.1, 0.15) is 12.8 Å². The molecule has 2 aromatic heterocycles. The number of carbonyl (C=O) groups excluding carboxylic acids is 1. The fourth-order valence-corrected chi connectivity index (χ4v) is 6.47. The van der Waals surface area contributed by atoms with Gasteiger partial charge in [-0.1, -0.05) is 0 Å². The van der Waals surface area contributed by atoms with Crippen LogP contribution in [0.5, 0.6) is 5.75 Å². The quantitative estimate of drug-likeness (QED) is 0.254. The molecule has 5 rings (SSSR count). The van der Waals surface area contributed by atoms with Crippen LogP contribution < -0.4 is 13.9 Å². The molecule has 0 spiro atoms. The van der Waals surface area contributed by atoms with Crippen molar-refractivity contribution < 1.29 is 17.4 Å². The largest absolute Gasteiger partial charge is 0.0408 e. The second kappa shape index (κ2) is 9.03. The van der Waals surface area contributed by atoms with E-state index in [1.54, 1.807) is 36.8 Å². The smallest absolute Gasteiger partial charge is 0.0384 e. The van der Waals surface area contributed by atoms with Crippen molar-refractivity contribution in [1.29, 1.82) is 0 Å². The van der Waals surface area contributed by atoms with E-state index in [9.17, 15) is 13.2 Å². The van der Waals surface area contributed by atoms with Crippen molar-refractivity contribution in [3.8, 4) is 5.75 Å². The van der Waals surface area contributed by atoms with Gasteiger partial charge in [0.05, 0.1) is 0 Å². The molecule has 0 radical (unpaired) electrons. The maximum absolute atomic E-state index is 12.7. The minimum absolute atomic E-state index is 0.0546. The summed E-state index contributed by atoms with van der Waals surface area (Å²) in [4.78, 5) is 23.4. The third kappa shape index (κ3) is 5.29. The van der Waals surface area contributed by atoms with Crippen LogP contribution in [0.15, 0.2) is 66.1 Å². The first-order chi connectivity index (χ1) is 16.0. The Labute approximate surface area is 197 Å². The molecule has 9 nitrogen and oxygen atoms in total. The van der Waals surface area contributed by atoms with Gasteiger partial charge in [-0.05, 0) is 12.8 Å². The fourth-order valence-electron chi connectivity index (χ4n) is 3.32. The van der Waals surface area contributed by atoms with E-state index in [1.807, 2.05) is 22.9 Å². The number of H-pyrrole nitrogens is 1. The Morgan fingerprint density at radius 3 is 2.76 bits per heavy atom. The zero-order valence-corrected chi connectivity index (χ0v) is 20.5. The van der Waals surface area contributed by atoms with E-state index in [0.29, 0.717) is 17.0 Å². The zero-order chi connectivity index (χ0) is 22.8. The summed E-state index contributed by atoms with van der Waals surface area (Å²) in [5.74, 6) is 0.509. The summed E-state index contributed by atoms with van der Waals surface area (Å²) >= 11 is -0.374. The van der Waals surface area contributed by atoms with Crippen molar-refractivity contribution in [3.05, 3.63) is 61.2 Å². The Bertz CT molecular complexity index is 1380. The number of nitrogens with zero attached hydrogens (tertiary/aromatic N) is 3. The molecule has 170 valence electrons. The van der Waals surface area contributed by atoms with E-state index >= 15 is 0 Å². The molecule has 2 heterocycles. The summed E-state index contributed by atoms with van der Waals surface area (Å²) in [5.41, 5.74) is 1.18. The number of anilines is 1. The maximum Gasteiger partial charge on any atom is 0.0384 e. The predicted octanol–water partition coefficient (Wildman–Crippen LogP) is 2.06. The van der Waals surface area contributed by atoms with Gasteiger partial charge in [0.15, 0.2) is 0 Å². The van der Waals surface area contributed by atoms with Gasteiger partial charge >= 0.3 is 168 Å². The molecule has 1 fully saturated rings. The fraction of sp³-hybridized carbons (Fsp3) is 0.227. The minimum Gasteiger partial charge on any atom is -0.0408 e. The Hall–Kier alpha value is -3.10. The number of carbonyl (C=O) groups is 1. The zero-order valence-electron chi connectivity index (χ0n) is 17.6. The molecule has 1 amide bonds. The molecule has 0 saturated heterocycles. The second-order valence-corrected chi connectivity index (χ2v) is 12.4. The van der Waals surface area contributed by atoms with Gasteiger partial charge in [0.2, 0.25) is 5.91 Å². The Kier molecular flexibility index (Phi) is 5.95. The molecule has 4 aromatic rings. The predicted molar refractivity (Wildman–Crippen MR) is 126 cm³/mol. The number of rotatable bonds is 9. The minimum atomic E-state index is -3.98. The molecule has 1 aliphatic carbocycles. The molecule has 11 heteroatoms. The van der Waals surface area contributed by atoms with Crippen molar-refractivity contribution in [2.45, 2.75) is 29.5 Å². The number of aromatic nitrogens is 4. The Morgan fingerprint density at radius 2 is 2.03 bits per heavy atom. The van der Waals surface area contributed by atoms with Gasteiger partial charge in [-0.15, -0.1) is 0 Å². The number of benzene rings is 2. The molecule has 33 heavy (non-hydrogen) atoms. The first-order valence-electron chi connectivity index (χ1n) is 10.5. The van der Waals surface area contributed by atoms with Crippen LogP contribution in [0.2, 0.25) is 5.21 Å². The molecule has 1 saturated carbocycles. The second-order valence-electron chi connectivity index (χ2n) is 7.82. The summed E-state index contributed by atoms with van der Waals surface area (Å²) in [6.07, 6.45) is 7.29. The van der Waals surface area contributed by atoms with Crippen LogP contribution in [0.25, 0.3) is 11.0 Å². The average Bonchev–Trinajstić information content (AvgIpc) is 3.38. The van der Waals surface area contributed by atoms with E-state index in [-0.39, 0.29) is 38.2 Å². The number of hydrogen-bond donors (Lipinski definition) is 2. The Balaban J connectivity index is 1.23. The van der Waals surface area contributed by atoms with Gasteiger partial charge in [-0.2, -0.15) is 0 Å². The van der Waals surface area contributed by atoms with Crippen molar-refractivity contribution in [2.24, 2.45) is 5.92 Å². The summed E-state index contributed by atoms with van der Waals surface area (Å²) in [7, 11) is -3.98. The number of aryl methyl sites for hydroxylation is 1. The first kappa shape index (κ1) is 21.7. The van der Waals surface area contributed by atoms with Crippen molar-refractivity contribution in [3.63, 3.8) is 0 Å². The normalized spacial score (nSPS) is 14.2. The number of aromatic amines is 1. The molecule has 1 aliphatic rings. The molecule has 0 bridgehead atoms. The summed E-state index contributed by atoms with van der Waals surface area (Å²) in [5, 5.41) is 3.80. The Morgan fingerprint density at radius 1 is 1.21 bits per heavy atom. The van der Waals surface area contributed by atoms with Gasteiger partial charge in [-0.25, -0.2) is 0 Å². The van der Waals surface area contributed by atoms with Crippen LogP contribution in [-0.4, -0.2) is 49.6 Å². The number of fused-ring (bicyclic) bond motifs is 1. The third-order valence-corrected chi connectivity index (χ3v) is 9.06. The van der Waals surface area contributed by atoms with Crippen LogP contribution >= 0.6 is 0 Å². The number of amides is 1. The van der Waals surface area contributed by atoms with E-state index in [4.69, 9.17) is 4.18 Å². The van der Waals surface area contributed by atoms with Crippen molar-refractivity contribution in [1.82, 2.24) is 19.5 Å². The monoisotopic (exact) mass is 527 g/mol. The maximum atomic E-state index is 12.7. The van der Waals surface area contributed by atoms with Gasteiger partial charge in [0, 0.05) is 5.92 Å². The van der Waals surface area contributed by atoms with E-state index < -0.39 is 10.1 Å². The van der Waals surface area contributed by atoms with E-state index in [1.165, 1.54) is 10.4 Å². The number of nitrogens with one attached hydrogen (secondary N) is 2. The topological polar surface area (TPSA) is 119 Å². The number of imidazole rings is 2. The third-order valence-electron chi connectivity index (χ3n) is 5.25. The first-order valence-corrected chi connectivity index (χ1v) is 14.5. The molecule has 2 aromatic carbocycles. The summed E-state index contributed by atoms with van der Waals surface area (Å²) in [6, 6.07) is 11.7. The van der Waals surface area contributed by atoms with Crippen molar-refractivity contribution in [2.75, 3.05) is 5.32 Å². The molecule has 0 aliphatic heterocycles. The standard InChI is InChI=1S/C22H22AsN5O4S/c29-21(15-1-2-15)27-22-25-19-8-5-17(13-20(19)26-22)32-33(30,31)18-6-3-16(4-7-18)23-9-11-28-12-10-24-14-28/h3-8,10,12-15,23H,1-2,9,11H2,(H2,25,26,27,29). The van der Waals surface area contributed by atoms with Gasteiger partial charge in [-0.3, -0.25) is 4.79 Å².